The molecule has 1 heteroatoms. The van der Waals surface area contributed by atoms with E-state index in [0.29, 0.717) is 0 Å². The maximum atomic E-state index is 12.3. The lowest BCUT2D eigenvalue weighted by molar-refractivity contribution is 0.0858. The Morgan fingerprint density at radius 1 is 1.05 bits per heavy atom. The first-order valence-electron chi connectivity index (χ1n) is 6.98. The lowest BCUT2D eigenvalue weighted by Crippen LogP contribution is -2.20. The number of hydrogen-bond acceptors (Lipinski definition) is 1. The summed E-state index contributed by atoms with van der Waals surface area (Å²) in [5.74, 6) is 0.216. The second kappa shape index (κ2) is 4.33. The van der Waals surface area contributed by atoms with Gasteiger partial charge < -0.3 is 0 Å². The van der Waals surface area contributed by atoms with Crippen LogP contribution in [0, 0.1) is 10.8 Å². The summed E-state index contributed by atoms with van der Waals surface area (Å²) in [6.45, 7) is 12.6. The van der Waals surface area contributed by atoms with Crippen molar-refractivity contribution in [3.05, 3.63) is 40.5 Å². The second-order valence-electron chi connectivity index (χ2n) is 7.59. The molecule has 0 fully saturated rings. The third kappa shape index (κ3) is 2.80. The zero-order chi connectivity index (χ0) is 14.4. The van der Waals surface area contributed by atoms with Crippen molar-refractivity contribution in [1.29, 1.82) is 0 Å². The van der Waals surface area contributed by atoms with Crippen LogP contribution in [0.2, 0.25) is 0 Å². The Labute approximate surface area is 116 Å². The van der Waals surface area contributed by atoms with Crippen LogP contribution < -0.4 is 0 Å². The summed E-state index contributed by atoms with van der Waals surface area (Å²) in [6, 6.07) is 6.15. The lowest BCUT2D eigenvalue weighted by atomic mass is 9.85. The molecule has 19 heavy (non-hydrogen) atoms. The standard InChI is InChI=1S/C18H24O/c1-17(2,3)15-10-12-7-8-13(9-14(12)11-15)16(19)18(4,5)6/h7-9,11H,10H2,1-6H3. The summed E-state index contributed by atoms with van der Waals surface area (Å²) in [5, 5.41) is 0. The van der Waals surface area contributed by atoms with Gasteiger partial charge in [0.2, 0.25) is 0 Å². The van der Waals surface area contributed by atoms with E-state index < -0.39 is 0 Å². The minimum absolute atomic E-state index is 0.202. The molecule has 0 unspecified atom stereocenters. The Morgan fingerprint density at radius 3 is 2.21 bits per heavy atom. The highest BCUT2D eigenvalue weighted by Crippen LogP contribution is 2.37. The maximum Gasteiger partial charge on any atom is 0.168 e. The molecule has 0 saturated heterocycles. The molecule has 0 radical (unpaired) electrons. The molecule has 0 atom stereocenters. The van der Waals surface area contributed by atoms with Gasteiger partial charge in [-0.1, -0.05) is 65.3 Å². The SMILES string of the molecule is CC(C)(C)C(=O)c1ccc2c(c1)C=C(C(C)(C)C)C2. The van der Waals surface area contributed by atoms with Crippen molar-refractivity contribution in [3.8, 4) is 0 Å². The molecule has 0 saturated carbocycles. The van der Waals surface area contributed by atoms with Gasteiger partial charge >= 0.3 is 0 Å². The summed E-state index contributed by atoms with van der Waals surface area (Å²) in [5.41, 5.74) is 4.73. The number of carbonyl (C=O) groups excluding carboxylic acids is 1. The number of hydrogen-bond donors (Lipinski definition) is 0. The summed E-state index contributed by atoms with van der Waals surface area (Å²) in [7, 11) is 0. The Kier molecular flexibility index (Phi) is 3.20. The number of fused-ring (bicyclic) bond motifs is 1. The molecule has 1 aromatic rings. The molecule has 1 aliphatic rings. The minimum Gasteiger partial charge on any atom is -0.294 e. The molecule has 0 heterocycles. The molecule has 1 aliphatic carbocycles. The van der Waals surface area contributed by atoms with Gasteiger partial charge in [0, 0.05) is 11.0 Å². The predicted molar refractivity (Wildman–Crippen MR) is 81.4 cm³/mol. The zero-order valence-corrected chi connectivity index (χ0v) is 12.9. The van der Waals surface area contributed by atoms with Crippen molar-refractivity contribution >= 4 is 11.9 Å². The van der Waals surface area contributed by atoms with Crippen molar-refractivity contribution in [1.82, 2.24) is 0 Å². The monoisotopic (exact) mass is 256 g/mol. The predicted octanol–water partition coefficient (Wildman–Crippen LogP) is 4.90. The average molecular weight is 256 g/mol. The van der Waals surface area contributed by atoms with Gasteiger partial charge in [0.15, 0.2) is 5.78 Å². The zero-order valence-electron chi connectivity index (χ0n) is 12.9. The third-order valence-corrected chi connectivity index (χ3v) is 3.76. The summed E-state index contributed by atoms with van der Waals surface area (Å²) < 4.78 is 0. The summed E-state index contributed by atoms with van der Waals surface area (Å²) in [6.07, 6.45) is 3.28. The van der Waals surface area contributed by atoms with E-state index in [-0.39, 0.29) is 16.6 Å². The van der Waals surface area contributed by atoms with Gasteiger partial charge in [0.25, 0.3) is 0 Å². The molecule has 1 aromatic carbocycles. The van der Waals surface area contributed by atoms with Crippen molar-refractivity contribution in [2.75, 3.05) is 0 Å². The van der Waals surface area contributed by atoms with Crippen LogP contribution in [0.5, 0.6) is 0 Å². The molecule has 1 nitrogen and oxygen atoms in total. The van der Waals surface area contributed by atoms with E-state index in [2.05, 4.69) is 39.0 Å². The molecular formula is C18H24O. The van der Waals surface area contributed by atoms with Crippen LogP contribution in [0.1, 0.15) is 63.0 Å². The number of rotatable bonds is 1. The molecule has 0 aromatic heterocycles. The van der Waals surface area contributed by atoms with E-state index in [9.17, 15) is 4.79 Å². The molecular weight excluding hydrogens is 232 g/mol. The molecule has 102 valence electrons. The largest absolute Gasteiger partial charge is 0.294 e. The van der Waals surface area contributed by atoms with E-state index in [4.69, 9.17) is 0 Å². The molecule has 0 amide bonds. The van der Waals surface area contributed by atoms with E-state index in [1.807, 2.05) is 26.8 Å². The first kappa shape index (κ1) is 14.0. The highest BCUT2D eigenvalue weighted by molar-refractivity contribution is 6.00. The number of allylic oxidation sites excluding steroid dienone is 1. The third-order valence-electron chi connectivity index (χ3n) is 3.76. The quantitative estimate of drug-likeness (QED) is 0.653. The van der Waals surface area contributed by atoms with E-state index in [1.54, 1.807) is 0 Å². The van der Waals surface area contributed by atoms with Crippen LogP contribution in [0.3, 0.4) is 0 Å². The molecule has 0 aliphatic heterocycles. The Balaban J connectivity index is 2.37. The Morgan fingerprint density at radius 2 is 1.68 bits per heavy atom. The lowest BCUT2D eigenvalue weighted by Gasteiger charge is -2.20. The smallest absolute Gasteiger partial charge is 0.168 e. The van der Waals surface area contributed by atoms with Gasteiger partial charge in [-0.2, -0.15) is 0 Å². The van der Waals surface area contributed by atoms with Gasteiger partial charge in [0.1, 0.15) is 0 Å². The minimum atomic E-state index is -0.316. The number of carbonyl (C=O) groups is 1. The van der Waals surface area contributed by atoms with Crippen molar-refractivity contribution < 1.29 is 4.79 Å². The first-order chi connectivity index (χ1) is 8.59. The van der Waals surface area contributed by atoms with Crippen LogP contribution in [0.25, 0.3) is 6.08 Å². The van der Waals surface area contributed by atoms with Crippen LogP contribution >= 0.6 is 0 Å². The molecule has 0 bridgehead atoms. The van der Waals surface area contributed by atoms with Gasteiger partial charge in [-0.25, -0.2) is 0 Å². The first-order valence-corrected chi connectivity index (χ1v) is 6.98. The van der Waals surface area contributed by atoms with Crippen molar-refractivity contribution in [2.24, 2.45) is 10.8 Å². The van der Waals surface area contributed by atoms with Crippen LogP contribution in [0.4, 0.5) is 0 Å². The maximum absolute atomic E-state index is 12.3. The van der Waals surface area contributed by atoms with Gasteiger partial charge in [-0.15, -0.1) is 0 Å². The number of Topliss-reactive ketones (excluding diaryl/α,β-unsaturated/α-hetero) is 1. The second-order valence-corrected chi connectivity index (χ2v) is 7.59. The molecule has 2 rings (SSSR count). The molecule has 0 N–H and O–H groups in total. The highest BCUT2D eigenvalue weighted by Gasteiger charge is 2.26. The molecule has 0 spiro atoms. The summed E-state index contributed by atoms with van der Waals surface area (Å²) in [4.78, 5) is 12.3. The van der Waals surface area contributed by atoms with E-state index >= 15 is 0 Å². The fourth-order valence-electron chi connectivity index (χ4n) is 2.39. The topological polar surface area (TPSA) is 17.1 Å². The van der Waals surface area contributed by atoms with Crippen molar-refractivity contribution in [3.63, 3.8) is 0 Å². The van der Waals surface area contributed by atoms with Gasteiger partial charge in [-0.05, 0) is 29.0 Å². The van der Waals surface area contributed by atoms with Crippen LogP contribution in [-0.4, -0.2) is 5.78 Å². The van der Waals surface area contributed by atoms with Crippen LogP contribution in [0.15, 0.2) is 23.8 Å². The normalized spacial score (nSPS) is 15.2. The summed E-state index contributed by atoms with van der Waals surface area (Å²) >= 11 is 0. The number of ketones is 1. The highest BCUT2D eigenvalue weighted by atomic mass is 16.1. The average Bonchev–Trinajstić information content (AvgIpc) is 2.68. The van der Waals surface area contributed by atoms with E-state index in [1.165, 1.54) is 16.7 Å². The van der Waals surface area contributed by atoms with Gasteiger partial charge in [-0.3, -0.25) is 4.79 Å². The van der Waals surface area contributed by atoms with Gasteiger partial charge in [0.05, 0.1) is 0 Å². The fourth-order valence-corrected chi connectivity index (χ4v) is 2.39. The fraction of sp³-hybridized carbons (Fsp3) is 0.500. The Hall–Kier alpha value is -1.37. The van der Waals surface area contributed by atoms with Crippen molar-refractivity contribution in [2.45, 2.75) is 48.0 Å². The van der Waals surface area contributed by atoms with Crippen LogP contribution in [-0.2, 0) is 6.42 Å². The Bertz CT molecular complexity index is 548. The number of benzene rings is 1. The van der Waals surface area contributed by atoms with E-state index in [0.717, 1.165) is 12.0 Å².